The van der Waals surface area contributed by atoms with Crippen LogP contribution in [-0.4, -0.2) is 26.4 Å². The van der Waals surface area contributed by atoms with E-state index in [1.54, 1.807) is 24.3 Å². The van der Waals surface area contributed by atoms with Crippen molar-refractivity contribution >= 4 is 18.6 Å². The molecule has 0 aliphatic rings. The molecule has 92 valence electrons. The first-order chi connectivity index (χ1) is 8.03. The topological polar surface area (TPSA) is 52.6 Å². The number of hydrogen-bond donors (Lipinski definition) is 0. The number of ether oxygens (including phenoxy) is 1. The van der Waals surface area contributed by atoms with Gasteiger partial charge in [0.25, 0.3) is 0 Å². The summed E-state index contributed by atoms with van der Waals surface area (Å²) in [5.74, 6) is -0.571. The lowest BCUT2D eigenvalue weighted by Gasteiger charge is -2.16. The molecule has 0 saturated heterocycles. The first kappa shape index (κ1) is 13.7. The minimum absolute atomic E-state index is 0.0415. The second kappa shape index (κ2) is 5.80. The van der Waals surface area contributed by atoms with E-state index >= 15 is 0 Å². The smallest absolute Gasteiger partial charge is 0.333 e. The van der Waals surface area contributed by atoms with Gasteiger partial charge < -0.3 is 9.26 Å². The van der Waals surface area contributed by atoms with Gasteiger partial charge >= 0.3 is 5.97 Å². The highest BCUT2D eigenvalue weighted by Gasteiger charge is 2.27. The van der Waals surface area contributed by atoms with Gasteiger partial charge in [0.05, 0.1) is 13.3 Å². The van der Waals surface area contributed by atoms with Gasteiger partial charge in [-0.1, -0.05) is 24.8 Å². The highest BCUT2D eigenvalue weighted by atomic mass is 31.2. The quantitative estimate of drug-likeness (QED) is 0.458. The van der Waals surface area contributed by atoms with Crippen LogP contribution in [0.5, 0.6) is 0 Å². The standard InChI is InChI=1S/C12H15O4P/c1-10(12(13)15-2)9-17(14,16-3)11-7-5-4-6-8-11/h4-8H,1,9H2,2-3H3. The maximum absolute atomic E-state index is 12.5. The Balaban J connectivity index is 2.95. The van der Waals surface area contributed by atoms with Crippen molar-refractivity contribution in [1.29, 1.82) is 0 Å². The minimum Gasteiger partial charge on any atom is -0.466 e. The molecular formula is C12H15O4P. The zero-order valence-electron chi connectivity index (χ0n) is 9.88. The molecule has 0 aromatic heterocycles. The summed E-state index contributed by atoms with van der Waals surface area (Å²) in [4.78, 5) is 11.2. The van der Waals surface area contributed by atoms with Gasteiger partial charge in [-0.05, 0) is 12.1 Å². The van der Waals surface area contributed by atoms with Crippen molar-refractivity contribution in [1.82, 2.24) is 0 Å². The molecule has 1 atom stereocenters. The second-order valence-corrected chi connectivity index (χ2v) is 5.99. The predicted octanol–water partition coefficient (Wildman–Crippen LogP) is 1.97. The number of hydrogen-bond acceptors (Lipinski definition) is 4. The Morgan fingerprint density at radius 1 is 1.29 bits per heavy atom. The number of esters is 1. The van der Waals surface area contributed by atoms with Gasteiger partial charge in [0.15, 0.2) is 0 Å². The molecule has 1 aromatic carbocycles. The van der Waals surface area contributed by atoms with Gasteiger partial charge in [0, 0.05) is 18.0 Å². The summed E-state index contributed by atoms with van der Waals surface area (Å²) in [6, 6.07) is 8.76. The van der Waals surface area contributed by atoms with Crippen molar-refractivity contribution in [3.8, 4) is 0 Å². The van der Waals surface area contributed by atoms with E-state index in [0.29, 0.717) is 5.30 Å². The van der Waals surface area contributed by atoms with Crippen LogP contribution in [-0.2, 0) is 18.6 Å². The van der Waals surface area contributed by atoms with Crippen molar-refractivity contribution in [3.63, 3.8) is 0 Å². The van der Waals surface area contributed by atoms with Gasteiger partial charge in [-0.15, -0.1) is 0 Å². The van der Waals surface area contributed by atoms with Crippen molar-refractivity contribution in [2.45, 2.75) is 0 Å². The molecule has 17 heavy (non-hydrogen) atoms. The molecule has 0 radical (unpaired) electrons. The molecule has 0 N–H and O–H groups in total. The monoisotopic (exact) mass is 254 g/mol. The minimum atomic E-state index is -3.08. The number of methoxy groups -OCH3 is 1. The molecule has 1 rings (SSSR count). The van der Waals surface area contributed by atoms with Crippen LogP contribution in [0.1, 0.15) is 0 Å². The highest BCUT2D eigenvalue weighted by molar-refractivity contribution is 7.67. The second-order valence-electron chi connectivity index (χ2n) is 3.44. The Morgan fingerprint density at radius 2 is 1.88 bits per heavy atom. The summed E-state index contributed by atoms with van der Waals surface area (Å²) in [7, 11) is -0.459. The predicted molar refractivity (Wildman–Crippen MR) is 66.7 cm³/mol. The third-order valence-corrected chi connectivity index (χ3v) is 4.79. The van der Waals surface area contributed by atoms with Crippen LogP contribution in [0.4, 0.5) is 0 Å². The number of carbonyl (C=O) groups is 1. The van der Waals surface area contributed by atoms with Crippen molar-refractivity contribution in [3.05, 3.63) is 42.5 Å². The summed E-state index contributed by atoms with van der Waals surface area (Å²) in [6.07, 6.45) is -0.0415. The van der Waals surface area contributed by atoms with Crippen molar-refractivity contribution in [2.24, 2.45) is 0 Å². The number of rotatable bonds is 5. The molecule has 0 aliphatic carbocycles. The lowest BCUT2D eigenvalue weighted by atomic mass is 10.4. The fraction of sp³-hybridized carbons (Fsp3) is 0.250. The highest BCUT2D eigenvalue weighted by Crippen LogP contribution is 2.46. The Morgan fingerprint density at radius 3 is 2.35 bits per heavy atom. The van der Waals surface area contributed by atoms with Crippen molar-refractivity contribution < 1.29 is 18.6 Å². The summed E-state index contributed by atoms with van der Waals surface area (Å²) < 4.78 is 22.1. The van der Waals surface area contributed by atoms with Gasteiger partial charge in [-0.2, -0.15) is 0 Å². The molecule has 0 aliphatic heterocycles. The average molecular weight is 254 g/mol. The van der Waals surface area contributed by atoms with Crippen LogP contribution >= 0.6 is 7.37 Å². The molecule has 0 amide bonds. The molecule has 1 aromatic rings. The fourth-order valence-corrected chi connectivity index (χ4v) is 3.16. The fourth-order valence-electron chi connectivity index (χ4n) is 1.38. The van der Waals surface area contributed by atoms with E-state index in [0.717, 1.165) is 0 Å². The molecule has 0 bridgehead atoms. The lowest BCUT2D eigenvalue weighted by molar-refractivity contribution is -0.135. The summed E-state index contributed by atoms with van der Waals surface area (Å²) in [5, 5.41) is 0.563. The molecule has 0 fully saturated rings. The SMILES string of the molecule is C=C(CP(=O)(OC)c1ccccc1)C(=O)OC. The third-order valence-electron chi connectivity index (χ3n) is 2.32. The van der Waals surface area contributed by atoms with Gasteiger partial charge in [-0.3, -0.25) is 4.57 Å². The molecule has 1 unspecified atom stereocenters. The van der Waals surface area contributed by atoms with E-state index in [4.69, 9.17) is 4.52 Å². The lowest BCUT2D eigenvalue weighted by Crippen LogP contribution is -2.14. The van der Waals surface area contributed by atoms with Crippen LogP contribution in [0.2, 0.25) is 0 Å². The Hall–Kier alpha value is -1.38. The van der Waals surface area contributed by atoms with Crippen LogP contribution in [0, 0.1) is 0 Å². The normalized spacial score (nSPS) is 13.8. The molecule has 0 spiro atoms. The van der Waals surface area contributed by atoms with E-state index < -0.39 is 13.3 Å². The van der Waals surface area contributed by atoms with Gasteiger partial charge in [0.1, 0.15) is 0 Å². The molecule has 0 heterocycles. The maximum Gasteiger partial charge on any atom is 0.333 e. The Bertz CT molecular complexity index is 453. The van der Waals surface area contributed by atoms with Gasteiger partial charge in [-0.25, -0.2) is 4.79 Å². The largest absolute Gasteiger partial charge is 0.466 e. The number of carbonyl (C=O) groups excluding carboxylic acids is 1. The maximum atomic E-state index is 12.5. The average Bonchev–Trinajstić information content (AvgIpc) is 2.38. The molecule has 0 saturated carbocycles. The summed E-state index contributed by atoms with van der Waals surface area (Å²) in [5.41, 5.74) is 0.140. The van der Waals surface area contributed by atoms with E-state index in [2.05, 4.69) is 11.3 Å². The first-order valence-corrected chi connectivity index (χ1v) is 6.81. The molecule has 4 nitrogen and oxygen atoms in total. The van der Waals surface area contributed by atoms with Crippen LogP contribution in [0.15, 0.2) is 42.5 Å². The van der Waals surface area contributed by atoms with E-state index in [1.807, 2.05) is 6.07 Å². The van der Waals surface area contributed by atoms with E-state index in [-0.39, 0.29) is 11.7 Å². The molecular weight excluding hydrogens is 239 g/mol. The van der Waals surface area contributed by atoms with Crippen molar-refractivity contribution in [2.75, 3.05) is 20.4 Å². The Kier molecular flexibility index (Phi) is 4.67. The molecule has 5 heteroatoms. The van der Waals surface area contributed by atoms with Crippen LogP contribution < -0.4 is 5.30 Å². The van der Waals surface area contributed by atoms with E-state index in [1.165, 1.54) is 14.2 Å². The number of benzene rings is 1. The third kappa shape index (κ3) is 3.29. The summed E-state index contributed by atoms with van der Waals surface area (Å²) >= 11 is 0. The van der Waals surface area contributed by atoms with Gasteiger partial charge in [0.2, 0.25) is 7.37 Å². The van der Waals surface area contributed by atoms with Crippen LogP contribution in [0.3, 0.4) is 0 Å². The first-order valence-electron chi connectivity index (χ1n) is 5.00. The van der Waals surface area contributed by atoms with Crippen LogP contribution in [0.25, 0.3) is 0 Å². The zero-order chi connectivity index (χ0) is 12.9. The zero-order valence-corrected chi connectivity index (χ0v) is 10.8. The Labute approximate surface area is 101 Å². The summed E-state index contributed by atoms with van der Waals surface area (Å²) in [6.45, 7) is 3.56. The van der Waals surface area contributed by atoms with E-state index in [9.17, 15) is 9.36 Å².